The highest BCUT2D eigenvalue weighted by atomic mass is 79.9. The van der Waals surface area contributed by atoms with Gasteiger partial charge in [-0.05, 0) is 18.2 Å². The lowest BCUT2D eigenvalue weighted by molar-refractivity contribution is 0.0627. The molecule has 4 nitrogen and oxygen atoms in total. The zero-order valence-electron chi connectivity index (χ0n) is 11.0. The molecule has 6 heteroatoms. The number of nitrogens with zero attached hydrogens (tertiary/aromatic N) is 1. The Labute approximate surface area is 126 Å². The Morgan fingerprint density at radius 2 is 1.84 bits per heavy atom. The highest BCUT2D eigenvalue weighted by Gasteiger charge is 2.18. The number of hydrogen-bond acceptors (Lipinski definition) is 3. The minimum Gasteiger partial charge on any atom is -0.383 e. The van der Waals surface area contributed by atoms with Crippen molar-refractivity contribution in [3.8, 4) is 0 Å². The normalized spacial score (nSPS) is 10.5. The van der Waals surface area contributed by atoms with Gasteiger partial charge >= 0.3 is 0 Å². The first kappa shape index (κ1) is 16.4. The van der Waals surface area contributed by atoms with Crippen molar-refractivity contribution in [2.75, 3.05) is 40.5 Å². The monoisotopic (exact) mass is 349 g/mol. The molecule has 0 aliphatic heterocycles. The molecule has 1 aromatic carbocycles. The van der Waals surface area contributed by atoms with Crippen LogP contribution in [0.25, 0.3) is 0 Å². The number of ether oxygens (including phenoxy) is 2. The number of rotatable bonds is 7. The summed E-state index contributed by atoms with van der Waals surface area (Å²) < 4.78 is 10.8. The average molecular weight is 351 g/mol. The van der Waals surface area contributed by atoms with Gasteiger partial charge in [0, 0.05) is 31.8 Å². The van der Waals surface area contributed by atoms with Crippen LogP contribution < -0.4 is 0 Å². The molecule has 0 saturated heterocycles. The molecule has 0 aromatic heterocycles. The lowest BCUT2D eigenvalue weighted by Crippen LogP contribution is -2.36. The zero-order valence-corrected chi connectivity index (χ0v) is 13.3. The lowest BCUT2D eigenvalue weighted by atomic mass is 10.2. The van der Waals surface area contributed by atoms with Crippen molar-refractivity contribution in [2.24, 2.45) is 0 Å². The molecular formula is C13H17BrClNO3. The molecule has 0 aliphatic carbocycles. The van der Waals surface area contributed by atoms with E-state index in [1.807, 2.05) is 0 Å². The van der Waals surface area contributed by atoms with Gasteiger partial charge in [0.15, 0.2) is 0 Å². The maximum absolute atomic E-state index is 12.4. The van der Waals surface area contributed by atoms with Gasteiger partial charge in [-0.25, -0.2) is 0 Å². The molecule has 1 rings (SSSR count). The molecule has 1 amide bonds. The summed E-state index contributed by atoms with van der Waals surface area (Å²) in [6, 6.07) is 5.22. The standard InChI is InChI=1S/C13H17BrClNO3/c1-18-7-5-16(6-8-19-2)13(17)11-9-10(14)3-4-12(11)15/h3-4,9H,5-8H2,1-2H3. The van der Waals surface area contributed by atoms with Gasteiger partial charge in [-0.3, -0.25) is 4.79 Å². The minimum absolute atomic E-state index is 0.125. The van der Waals surface area contributed by atoms with E-state index in [-0.39, 0.29) is 5.91 Å². The Balaban J connectivity index is 2.87. The Kier molecular flexibility index (Phi) is 7.38. The van der Waals surface area contributed by atoms with Gasteiger partial charge in [-0.1, -0.05) is 27.5 Å². The third kappa shape index (κ3) is 5.10. The number of methoxy groups -OCH3 is 2. The van der Waals surface area contributed by atoms with Crippen LogP contribution in [0.15, 0.2) is 22.7 Å². The van der Waals surface area contributed by atoms with Crippen LogP contribution in [0.4, 0.5) is 0 Å². The molecule has 0 unspecified atom stereocenters. The van der Waals surface area contributed by atoms with E-state index in [4.69, 9.17) is 21.1 Å². The van der Waals surface area contributed by atoms with E-state index >= 15 is 0 Å². The fourth-order valence-electron chi connectivity index (χ4n) is 1.55. The maximum atomic E-state index is 12.4. The quantitative estimate of drug-likeness (QED) is 0.759. The van der Waals surface area contributed by atoms with Crippen LogP contribution in [0.2, 0.25) is 5.02 Å². The van der Waals surface area contributed by atoms with E-state index in [2.05, 4.69) is 15.9 Å². The smallest absolute Gasteiger partial charge is 0.255 e. The second kappa shape index (κ2) is 8.53. The molecule has 0 fully saturated rings. The van der Waals surface area contributed by atoms with Gasteiger partial charge in [0.25, 0.3) is 5.91 Å². The number of carbonyl (C=O) groups is 1. The van der Waals surface area contributed by atoms with E-state index in [0.717, 1.165) is 4.47 Å². The predicted molar refractivity (Wildman–Crippen MR) is 78.8 cm³/mol. The zero-order chi connectivity index (χ0) is 14.3. The highest BCUT2D eigenvalue weighted by Crippen LogP contribution is 2.22. The topological polar surface area (TPSA) is 38.8 Å². The Morgan fingerprint density at radius 3 is 2.37 bits per heavy atom. The van der Waals surface area contributed by atoms with E-state index < -0.39 is 0 Å². The largest absolute Gasteiger partial charge is 0.383 e. The van der Waals surface area contributed by atoms with E-state index in [0.29, 0.717) is 36.9 Å². The number of halogens is 2. The number of hydrogen-bond donors (Lipinski definition) is 0. The summed E-state index contributed by atoms with van der Waals surface area (Å²) in [5.41, 5.74) is 0.475. The van der Waals surface area contributed by atoms with Gasteiger partial charge in [0.1, 0.15) is 0 Å². The molecule has 19 heavy (non-hydrogen) atoms. The van der Waals surface area contributed by atoms with E-state index in [9.17, 15) is 4.79 Å². The van der Waals surface area contributed by atoms with Crippen molar-refractivity contribution in [1.82, 2.24) is 4.90 Å². The van der Waals surface area contributed by atoms with Gasteiger partial charge in [-0.15, -0.1) is 0 Å². The Bertz CT molecular complexity index is 420. The van der Waals surface area contributed by atoms with Crippen LogP contribution in [-0.4, -0.2) is 51.3 Å². The van der Waals surface area contributed by atoms with Crippen LogP contribution in [0.1, 0.15) is 10.4 Å². The summed E-state index contributed by atoms with van der Waals surface area (Å²) in [7, 11) is 3.20. The first-order valence-electron chi connectivity index (χ1n) is 5.82. The summed E-state index contributed by atoms with van der Waals surface area (Å²) in [5.74, 6) is -0.125. The third-order valence-electron chi connectivity index (χ3n) is 2.58. The molecule has 0 N–H and O–H groups in total. The van der Waals surface area contributed by atoms with E-state index in [1.54, 1.807) is 37.3 Å². The van der Waals surface area contributed by atoms with Gasteiger partial charge in [-0.2, -0.15) is 0 Å². The molecule has 0 saturated carbocycles. The molecule has 0 spiro atoms. The fourth-order valence-corrected chi connectivity index (χ4v) is 2.11. The van der Waals surface area contributed by atoms with Crippen LogP contribution in [0, 0.1) is 0 Å². The van der Waals surface area contributed by atoms with Crippen molar-refractivity contribution < 1.29 is 14.3 Å². The van der Waals surface area contributed by atoms with Crippen molar-refractivity contribution in [3.05, 3.63) is 33.3 Å². The van der Waals surface area contributed by atoms with E-state index in [1.165, 1.54) is 0 Å². The molecule has 106 valence electrons. The highest BCUT2D eigenvalue weighted by molar-refractivity contribution is 9.10. The summed E-state index contributed by atoms with van der Waals surface area (Å²) in [6.45, 7) is 1.95. The lowest BCUT2D eigenvalue weighted by Gasteiger charge is -2.22. The van der Waals surface area contributed by atoms with Crippen molar-refractivity contribution in [2.45, 2.75) is 0 Å². The van der Waals surface area contributed by atoms with Crippen LogP contribution in [-0.2, 0) is 9.47 Å². The van der Waals surface area contributed by atoms with Crippen LogP contribution in [0.3, 0.4) is 0 Å². The minimum atomic E-state index is -0.125. The second-order valence-electron chi connectivity index (χ2n) is 3.90. The Morgan fingerprint density at radius 1 is 1.26 bits per heavy atom. The average Bonchev–Trinajstić information content (AvgIpc) is 2.41. The van der Waals surface area contributed by atoms with Crippen LogP contribution >= 0.6 is 27.5 Å². The maximum Gasteiger partial charge on any atom is 0.255 e. The molecule has 0 aliphatic rings. The summed E-state index contributed by atoms with van der Waals surface area (Å²) in [4.78, 5) is 14.1. The Hall–Kier alpha value is -0.620. The molecule has 0 atom stereocenters. The summed E-state index contributed by atoms with van der Waals surface area (Å²) in [5, 5.41) is 0.438. The molecule has 1 aromatic rings. The number of benzene rings is 1. The summed E-state index contributed by atoms with van der Waals surface area (Å²) >= 11 is 9.41. The SMILES string of the molecule is COCCN(CCOC)C(=O)c1cc(Br)ccc1Cl. The van der Waals surface area contributed by atoms with Crippen LogP contribution in [0.5, 0.6) is 0 Å². The molecule has 0 bridgehead atoms. The van der Waals surface area contributed by atoms with Gasteiger partial charge in [0.05, 0.1) is 23.8 Å². The summed E-state index contributed by atoms with van der Waals surface area (Å²) in [6.07, 6.45) is 0. The van der Waals surface area contributed by atoms with Gasteiger partial charge < -0.3 is 14.4 Å². The predicted octanol–water partition coefficient (Wildman–Crippen LogP) is 2.84. The molecular weight excluding hydrogens is 334 g/mol. The molecule has 0 heterocycles. The third-order valence-corrected chi connectivity index (χ3v) is 3.40. The van der Waals surface area contributed by atoms with Gasteiger partial charge in [0.2, 0.25) is 0 Å². The second-order valence-corrected chi connectivity index (χ2v) is 5.22. The number of carbonyl (C=O) groups excluding carboxylic acids is 1. The fraction of sp³-hybridized carbons (Fsp3) is 0.462. The molecule has 0 radical (unpaired) electrons. The first-order chi connectivity index (χ1) is 9.10. The van der Waals surface area contributed by atoms with Crippen molar-refractivity contribution in [3.63, 3.8) is 0 Å². The first-order valence-corrected chi connectivity index (χ1v) is 6.99. The van der Waals surface area contributed by atoms with Crippen molar-refractivity contribution in [1.29, 1.82) is 0 Å². The van der Waals surface area contributed by atoms with Crippen molar-refractivity contribution >= 4 is 33.4 Å². The number of amides is 1.